The molecule has 1 aliphatic rings. The quantitative estimate of drug-likeness (QED) is 0.679. The molecule has 1 saturated carbocycles. The molecule has 0 amide bonds. The topological polar surface area (TPSA) is 12.9 Å². The molecule has 0 aromatic carbocycles. The van der Waals surface area contributed by atoms with E-state index in [0.717, 1.165) is 18.9 Å². The molecule has 0 spiro atoms. The first-order valence-corrected chi connectivity index (χ1v) is 4.53. The van der Waals surface area contributed by atoms with Gasteiger partial charge in [-0.2, -0.15) is 13.2 Å². The Morgan fingerprint density at radius 1 is 1.36 bits per heavy atom. The lowest BCUT2D eigenvalue weighted by molar-refractivity contribution is -0.138. The van der Waals surface area contributed by atoms with Gasteiger partial charge in [-0.15, -0.1) is 0 Å². The molecule has 0 aliphatic heterocycles. The highest BCUT2D eigenvalue weighted by Gasteiger charge is 2.36. The standard InChI is InChI=1S/C10H10F3N/c1-6-8(10(11,12)13)4-5-14-9(6)7-2-3-7/h4-5,7H,2-3H2,1H3. The van der Waals surface area contributed by atoms with E-state index in [-0.39, 0.29) is 5.92 Å². The number of alkyl halides is 3. The second-order valence-corrected chi connectivity index (χ2v) is 3.64. The van der Waals surface area contributed by atoms with Crippen LogP contribution in [0.3, 0.4) is 0 Å². The first-order chi connectivity index (χ1) is 6.50. The van der Waals surface area contributed by atoms with Crippen LogP contribution in [0.4, 0.5) is 13.2 Å². The van der Waals surface area contributed by atoms with Gasteiger partial charge in [0.2, 0.25) is 0 Å². The van der Waals surface area contributed by atoms with Crippen molar-refractivity contribution in [1.29, 1.82) is 0 Å². The number of aromatic nitrogens is 1. The van der Waals surface area contributed by atoms with Crippen molar-refractivity contribution in [2.75, 3.05) is 0 Å². The Morgan fingerprint density at radius 3 is 2.50 bits per heavy atom. The lowest BCUT2D eigenvalue weighted by Crippen LogP contribution is -2.09. The molecule has 0 atom stereocenters. The first-order valence-electron chi connectivity index (χ1n) is 4.53. The number of rotatable bonds is 1. The Bertz CT molecular complexity index is 353. The molecule has 14 heavy (non-hydrogen) atoms. The van der Waals surface area contributed by atoms with Gasteiger partial charge in [-0.05, 0) is 31.4 Å². The van der Waals surface area contributed by atoms with Crippen LogP contribution in [0.15, 0.2) is 12.3 Å². The van der Waals surface area contributed by atoms with E-state index in [1.165, 1.54) is 13.1 Å². The Morgan fingerprint density at radius 2 is 2.00 bits per heavy atom. The molecule has 0 N–H and O–H groups in total. The normalized spacial score (nSPS) is 17.1. The summed E-state index contributed by atoms with van der Waals surface area (Å²) in [5, 5.41) is 0. The number of halogens is 3. The predicted molar refractivity (Wildman–Crippen MR) is 46.0 cm³/mol. The highest BCUT2D eigenvalue weighted by Crippen LogP contribution is 2.43. The minimum Gasteiger partial charge on any atom is -0.261 e. The van der Waals surface area contributed by atoms with E-state index in [4.69, 9.17) is 0 Å². The third-order valence-electron chi connectivity index (χ3n) is 2.51. The first kappa shape index (κ1) is 9.49. The molecule has 0 saturated heterocycles. The molecule has 0 bridgehead atoms. The number of nitrogens with zero attached hydrogens (tertiary/aromatic N) is 1. The van der Waals surface area contributed by atoms with E-state index >= 15 is 0 Å². The van der Waals surface area contributed by atoms with E-state index < -0.39 is 11.7 Å². The van der Waals surface area contributed by atoms with E-state index in [2.05, 4.69) is 4.98 Å². The van der Waals surface area contributed by atoms with Crippen molar-refractivity contribution >= 4 is 0 Å². The summed E-state index contributed by atoms with van der Waals surface area (Å²) in [6, 6.07) is 1.04. The maximum Gasteiger partial charge on any atom is 0.416 e. The molecule has 1 fully saturated rings. The van der Waals surface area contributed by atoms with Gasteiger partial charge in [-0.3, -0.25) is 4.98 Å². The van der Waals surface area contributed by atoms with E-state index in [1.807, 2.05) is 0 Å². The second kappa shape index (κ2) is 2.97. The maximum atomic E-state index is 12.5. The van der Waals surface area contributed by atoms with Gasteiger partial charge in [0.1, 0.15) is 0 Å². The molecule has 0 unspecified atom stereocenters. The molecule has 1 heterocycles. The smallest absolute Gasteiger partial charge is 0.261 e. The molecule has 1 aliphatic carbocycles. The van der Waals surface area contributed by atoms with Gasteiger partial charge >= 0.3 is 6.18 Å². The zero-order chi connectivity index (χ0) is 10.3. The van der Waals surface area contributed by atoms with Crippen molar-refractivity contribution in [3.8, 4) is 0 Å². The Balaban J connectivity index is 2.46. The van der Waals surface area contributed by atoms with Crippen LogP contribution >= 0.6 is 0 Å². The van der Waals surface area contributed by atoms with Crippen molar-refractivity contribution in [3.05, 3.63) is 29.1 Å². The Hall–Kier alpha value is -1.06. The fourth-order valence-corrected chi connectivity index (χ4v) is 1.63. The SMILES string of the molecule is Cc1c(C(F)(F)F)ccnc1C1CC1. The van der Waals surface area contributed by atoms with Gasteiger partial charge in [0.05, 0.1) is 5.56 Å². The van der Waals surface area contributed by atoms with Crippen LogP contribution in [-0.2, 0) is 6.18 Å². The fourth-order valence-electron chi connectivity index (χ4n) is 1.63. The summed E-state index contributed by atoms with van der Waals surface area (Å²) in [5.41, 5.74) is 0.372. The molecule has 1 aromatic rings. The lowest BCUT2D eigenvalue weighted by atomic mass is 10.1. The van der Waals surface area contributed by atoms with Crippen LogP contribution in [0.25, 0.3) is 0 Å². The van der Waals surface area contributed by atoms with Crippen LogP contribution in [0.1, 0.15) is 35.6 Å². The summed E-state index contributed by atoms with van der Waals surface area (Å²) in [7, 11) is 0. The van der Waals surface area contributed by atoms with Crippen LogP contribution in [0, 0.1) is 6.92 Å². The van der Waals surface area contributed by atoms with Gasteiger partial charge in [-0.1, -0.05) is 0 Å². The zero-order valence-electron chi connectivity index (χ0n) is 7.73. The van der Waals surface area contributed by atoms with Gasteiger partial charge in [-0.25, -0.2) is 0 Å². The van der Waals surface area contributed by atoms with Crippen LogP contribution in [-0.4, -0.2) is 4.98 Å². The van der Waals surface area contributed by atoms with Crippen molar-refractivity contribution in [2.24, 2.45) is 0 Å². The molecule has 2 rings (SSSR count). The lowest BCUT2D eigenvalue weighted by Gasteiger charge is -2.12. The summed E-state index contributed by atoms with van der Waals surface area (Å²) < 4.78 is 37.5. The van der Waals surface area contributed by atoms with E-state index in [0.29, 0.717) is 11.3 Å². The van der Waals surface area contributed by atoms with Gasteiger partial charge in [0.25, 0.3) is 0 Å². The monoisotopic (exact) mass is 201 g/mol. The second-order valence-electron chi connectivity index (χ2n) is 3.64. The Kier molecular flexibility index (Phi) is 2.01. The number of pyridine rings is 1. The zero-order valence-corrected chi connectivity index (χ0v) is 7.73. The highest BCUT2D eigenvalue weighted by molar-refractivity contribution is 5.34. The average molecular weight is 201 g/mol. The summed E-state index contributed by atoms with van der Waals surface area (Å²) in [6.45, 7) is 1.50. The largest absolute Gasteiger partial charge is 0.416 e. The molecule has 4 heteroatoms. The van der Waals surface area contributed by atoms with Crippen molar-refractivity contribution in [1.82, 2.24) is 4.98 Å². The van der Waals surface area contributed by atoms with Gasteiger partial charge in [0.15, 0.2) is 0 Å². The van der Waals surface area contributed by atoms with Crippen LogP contribution in [0.5, 0.6) is 0 Å². The maximum absolute atomic E-state index is 12.5. The number of hydrogen-bond acceptors (Lipinski definition) is 1. The molecular weight excluding hydrogens is 191 g/mol. The van der Waals surface area contributed by atoms with Crippen LogP contribution in [0.2, 0.25) is 0 Å². The summed E-state index contributed by atoms with van der Waals surface area (Å²) >= 11 is 0. The van der Waals surface area contributed by atoms with E-state index in [1.54, 1.807) is 0 Å². The third kappa shape index (κ3) is 1.61. The van der Waals surface area contributed by atoms with E-state index in [9.17, 15) is 13.2 Å². The predicted octanol–water partition coefficient (Wildman–Crippen LogP) is 3.29. The highest BCUT2D eigenvalue weighted by atomic mass is 19.4. The average Bonchev–Trinajstić information content (AvgIpc) is 2.85. The summed E-state index contributed by atoms with van der Waals surface area (Å²) in [5.74, 6) is 0.261. The van der Waals surface area contributed by atoms with Crippen molar-refractivity contribution in [3.63, 3.8) is 0 Å². The van der Waals surface area contributed by atoms with Crippen LogP contribution < -0.4 is 0 Å². The van der Waals surface area contributed by atoms with Gasteiger partial charge in [0, 0.05) is 17.8 Å². The third-order valence-corrected chi connectivity index (χ3v) is 2.51. The molecule has 1 aromatic heterocycles. The minimum atomic E-state index is -4.25. The van der Waals surface area contributed by atoms with Crippen molar-refractivity contribution in [2.45, 2.75) is 31.9 Å². The van der Waals surface area contributed by atoms with Gasteiger partial charge < -0.3 is 0 Å². The fraction of sp³-hybridized carbons (Fsp3) is 0.500. The molecule has 1 nitrogen and oxygen atoms in total. The molecular formula is C10H10F3N. The minimum absolute atomic E-state index is 0.261. The number of hydrogen-bond donors (Lipinski definition) is 0. The molecule has 76 valence electrons. The van der Waals surface area contributed by atoms with Crippen molar-refractivity contribution < 1.29 is 13.2 Å². The summed E-state index contributed by atoms with van der Waals surface area (Å²) in [6.07, 6.45) is -1.07. The summed E-state index contributed by atoms with van der Waals surface area (Å²) in [4.78, 5) is 4.01. The Labute approximate surface area is 80.0 Å². The molecule has 0 radical (unpaired) electrons.